The molecule has 3 aromatic rings. The van der Waals surface area contributed by atoms with Crippen LogP contribution in [0.25, 0.3) is 0 Å². The van der Waals surface area contributed by atoms with Gasteiger partial charge in [0, 0.05) is 49.7 Å². The van der Waals surface area contributed by atoms with Crippen LogP contribution in [-0.2, 0) is 7.05 Å². The van der Waals surface area contributed by atoms with E-state index in [1.165, 1.54) is 0 Å². The molecule has 1 aromatic carbocycles. The summed E-state index contributed by atoms with van der Waals surface area (Å²) in [6.45, 7) is 1.30. The van der Waals surface area contributed by atoms with Gasteiger partial charge in [-0.1, -0.05) is 11.6 Å². The highest BCUT2D eigenvalue weighted by atomic mass is 35.5. The van der Waals surface area contributed by atoms with Crippen molar-refractivity contribution in [2.24, 2.45) is 7.05 Å². The highest BCUT2D eigenvalue weighted by molar-refractivity contribution is 6.30. The Bertz CT molecular complexity index is 965. The summed E-state index contributed by atoms with van der Waals surface area (Å²) < 4.78 is 7.58. The molecule has 1 aliphatic heterocycles. The molecule has 1 fully saturated rings. The summed E-state index contributed by atoms with van der Waals surface area (Å²) in [4.78, 5) is 23.3. The molecule has 3 heterocycles. The second kappa shape index (κ2) is 7.98. The molecule has 1 saturated heterocycles. The van der Waals surface area contributed by atoms with Crippen LogP contribution in [0.3, 0.4) is 0 Å². The zero-order valence-electron chi connectivity index (χ0n) is 15.5. The highest BCUT2D eigenvalue weighted by Crippen LogP contribution is 2.34. The third kappa shape index (κ3) is 3.99. The highest BCUT2D eigenvalue weighted by Gasteiger charge is 2.28. The van der Waals surface area contributed by atoms with Gasteiger partial charge in [0.1, 0.15) is 17.1 Å². The lowest BCUT2D eigenvalue weighted by molar-refractivity contribution is 0.0705. The first kappa shape index (κ1) is 18.4. The first-order valence-corrected chi connectivity index (χ1v) is 9.51. The standard InChI is InChI=1S/C20H20ClN5O2/c1-25-11-8-17(24-25)20(27)26-12-6-14(7-13-26)18-19(23-10-9-22-18)28-16-4-2-15(21)3-5-16/h2-5,8-11,14H,6-7,12-13H2,1H3. The summed E-state index contributed by atoms with van der Waals surface area (Å²) in [5.41, 5.74) is 1.30. The molecular formula is C20H20ClN5O2. The number of carbonyl (C=O) groups is 1. The van der Waals surface area contributed by atoms with E-state index in [4.69, 9.17) is 16.3 Å². The van der Waals surface area contributed by atoms with Crippen LogP contribution in [0.15, 0.2) is 48.9 Å². The normalized spacial score (nSPS) is 14.9. The van der Waals surface area contributed by atoms with Crippen molar-refractivity contribution < 1.29 is 9.53 Å². The Morgan fingerprint density at radius 3 is 2.50 bits per heavy atom. The van der Waals surface area contributed by atoms with E-state index in [-0.39, 0.29) is 11.8 Å². The number of hydrogen-bond acceptors (Lipinski definition) is 5. The molecule has 0 radical (unpaired) electrons. The molecule has 8 heteroatoms. The Labute approximate surface area is 167 Å². The summed E-state index contributed by atoms with van der Waals surface area (Å²) in [5, 5.41) is 4.85. The lowest BCUT2D eigenvalue weighted by Gasteiger charge is -2.31. The van der Waals surface area contributed by atoms with Crippen molar-refractivity contribution in [1.29, 1.82) is 0 Å². The third-order valence-electron chi connectivity index (χ3n) is 4.82. The number of rotatable bonds is 4. The minimum Gasteiger partial charge on any atom is -0.437 e. The van der Waals surface area contributed by atoms with Crippen LogP contribution >= 0.6 is 11.6 Å². The SMILES string of the molecule is Cn1ccc(C(=O)N2CCC(c3nccnc3Oc3ccc(Cl)cc3)CC2)n1. The fourth-order valence-electron chi connectivity index (χ4n) is 3.36. The van der Waals surface area contributed by atoms with Crippen molar-refractivity contribution >= 4 is 17.5 Å². The molecular weight excluding hydrogens is 378 g/mol. The lowest BCUT2D eigenvalue weighted by atomic mass is 9.93. The average molecular weight is 398 g/mol. The number of benzene rings is 1. The van der Waals surface area contributed by atoms with E-state index in [2.05, 4.69) is 15.1 Å². The number of ether oxygens (including phenoxy) is 1. The predicted octanol–water partition coefficient (Wildman–Crippen LogP) is 3.68. The maximum Gasteiger partial charge on any atom is 0.274 e. The molecule has 0 saturated carbocycles. The minimum atomic E-state index is -0.0316. The van der Waals surface area contributed by atoms with Crippen LogP contribution in [0.1, 0.15) is 34.9 Å². The summed E-state index contributed by atoms with van der Waals surface area (Å²) in [6, 6.07) is 8.89. The number of likely N-dealkylation sites (tertiary alicyclic amines) is 1. The van der Waals surface area contributed by atoms with Gasteiger partial charge in [0.15, 0.2) is 0 Å². The van der Waals surface area contributed by atoms with Crippen molar-refractivity contribution in [1.82, 2.24) is 24.6 Å². The van der Waals surface area contributed by atoms with E-state index in [0.717, 1.165) is 18.5 Å². The smallest absolute Gasteiger partial charge is 0.274 e. The predicted molar refractivity (Wildman–Crippen MR) is 105 cm³/mol. The van der Waals surface area contributed by atoms with Crippen molar-refractivity contribution in [3.05, 3.63) is 65.3 Å². The van der Waals surface area contributed by atoms with Crippen LogP contribution in [0, 0.1) is 0 Å². The topological polar surface area (TPSA) is 73.1 Å². The van der Waals surface area contributed by atoms with Crippen LogP contribution in [0.5, 0.6) is 11.6 Å². The molecule has 2 aromatic heterocycles. The Hall–Kier alpha value is -2.93. The summed E-state index contributed by atoms with van der Waals surface area (Å²) in [7, 11) is 1.80. The van der Waals surface area contributed by atoms with Gasteiger partial charge in [-0.15, -0.1) is 0 Å². The Morgan fingerprint density at radius 2 is 1.82 bits per heavy atom. The van der Waals surface area contributed by atoms with Gasteiger partial charge >= 0.3 is 0 Å². The fraction of sp³-hybridized carbons (Fsp3) is 0.300. The number of amides is 1. The van der Waals surface area contributed by atoms with Crippen LogP contribution in [0.2, 0.25) is 5.02 Å². The van der Waals surface area contributed by atoms with Crippen molar-refractivity contribution in [3.8, 4) is 11.6 Å². The third-order valence-corrected chi connectivity index (χ3v) is 5.07. The molecule has 0 N–H and O–H groups in total. The average Bonchev–Trinajstić information content (AvgIpc) is 3.16. The first-order valence-electron chi connectivity index (χ1n) is 9.13. The molecule has 0 atom stereocenters. The minimum absolute atomic E-state index is 0.0316. The molecule has 7 nitrogen and oxygen atoms in total. The Balaban J connectivity index is 1.44. The lowest BCUT2D eigenvalue weighted by Crippen LogP contribution is -2.38. The number of nitrogens with zero attached hydrogens (tertiary/aromatic N) is 5. The van der Waals surface area contributed by atoms with Gasteiger partial charge in [-0.25, -0.2) is 4.98 Å². The molecule has 0 unspecified atom stereocenters. The zero-order chi connectivity index (χ0) is 19.5. The molecule has 0 bridgehead atoms. The molecule has 1 aliphatic rings. The van der Waals surface area contributed by atoms with Gasteiger partial charge in [0.05, 0.1) is 0 Å². The van der Waals surface area contributed by atoms with Gasteiger partial charge in [-0.05, 0) is 43.2 Å². The second-order valence-electron chi connectivity index (χ2n) is 6.74. The maximum atomic E-state index is 12.6. The van der Waals surface area contributed by atoms with Crippen molar-refractivity contribution in [2.75, 3.05) is 13.1 Å². The summed E-state index contributed by atoms with van der Waals surface area (Å²) in [5.74, 6) is 1.31. The first-order chi connectivity index (χ1) is 13.6. The van der Waals surface area contributed by atoms with E-state index < -0.39 is 0 Å². The van der Waals surface area contributed by atoms with E-state index in [9.17, 15) is 4.79 Å². The fourth-order valence-corrected chi connectivity index (χ4v) is 3.48. The van der Waals surface area contributed by atoms with Gasteiger partial charge in [0.25, 0.3) is 5.91 Å². The number of halogens is 1. The summed E-state index contributed by atoms with van der Waals surface area (Å²) >= 11 is 5.93. The quantitative estimate of drug-likeness (QED) is 0.671. The number of aromatic nitrogens is 4. The monoisotopic (exact) mass is 397 g/mol. The molecule has 0 spiro atoms. The Morgan fingerprint density at radius 1 is 1.11 bits per heavy atom. The van der Waals surface area contributed by atoms with Crippen molar-refractivity contribution in [3.63, 3.8) is 0 Å². The zero-order valence-corrected chi connectivity index (χ0v) is 16.2. The molecule has 144 valence electrons. The van der Waals surface area contributed by atoms with E-state index in [0.29, 0.717) is 35.4 Å². The van der Waals surface area contributed by atoms with Crippen LogP contribution < -0.4 is 4.74 Å². The molecule has 28 heavy (non-hydrogen) atoms. The maximum absolute atomic E-state index is 12.6. The van der Waals surface area contributed by atoms with E-state index >= 15 is 0 Å². The Kier molecular flexibility index (Phi) is 5.25. The van der Waals surface area contributed by atoms with Crippen LogP contribution in [-0.4, -0.2) is 43.6 Å². The molecule has 4 rings (SSSR count). The second-order valence-corrected chi connectivity index (χ2v) is 7.18. The number of carbonyl (C=O) groups excluding carboxylic acids is 1. The van der Waals surface area contributed by atoms with Gasteiger partial charge in [-0.2, -0.15) is 5.10 Å². The molecule has 1 amide bonds. The number of piperidine rings is 1. The number of aryl methyl sites for hydroxylation is 1. The van der Waals surface area contributed by atoms with Gasteiger partial charge in [-0.3, -0.25) is 14.5 Å². The largest absolute Gasteiger partial charge is 0.437 e. The van der Waals surface area contributed by atoms with E-state index in [1.807, 2.05) is 4.90 Å². The van der Waals surface area contributed by atoms with Gasteiger partial charge in [0.2, 0.25) is 5.88 Å². The molecule has 0 aliphatic carbocycles. The number of hydrogen-bond donors (Lipinski definition) is 0. The van der Waals surface area contributed by atoms with Crippen LogP contribution in [0.4, 0.5) is 0 Å². The van der Waals surface area contributed by atoms with E-state index in [1.54, 1.807) is 60.7 Å². The summed E-state index contributed by atoms with van der Waals surface area (Å²) in [6.07, 6.45) is 6.67. The van der Waals surface area contributed by atoms with Gasteiger partial charge < -0.3 is 9.64 Å². The van der Waals surface area contributed by atoms with Crippen molar-refractivity contribution in [2.45, 2.75) is 18.8 Å².